The monoisotopic (exact) mass is 336 g/mol. The number of rotatable bonds is 5. The van der Waals surface area contributed by atoms with Gasteiger partial charge < -0.3 is 10.6 Å². The second kappa shape index (κ2) is 7.53. The number of hydrogen-bond donors (Lipinski definition) is 2. The van der Waals surface area contributed by atoms with Crippen molar-refractivity contribution < 1.29 is 9.18 Å². The Hall–Kier alpha value is -3.28. The van der Waals surface area contributed by atoms with E-state index in [9.17, 15) is 9.18 Å². The van der Waals surface area contributed by atoms with Gasteiger partial charge >= 0.3 is 0 Å². The fraction of sp³-hybridized carbons (Fsp3) is 0.105. The molecule has 0 bridgehead atoms. The number of nitrogens with one attached hydrogen (secondary N) is 2. The van der Waals surface area contributed by atoms with Crippen molar-refractivity contribution in [1.82, 2.24) is 9.97 Å². The Kier molecular flexibility index (Phi) is 4.99. The van der Waals surface area contributed by atoms with Crippen LogP contribution in [0, 0.1) is 12.7 Å². The van der Waals surface area contributed by atoms with Gasteiger partial charge in [-0.25, -0.2) is 14.4 Å². The van der Waals surface area contributed by atoms with Crippen molar-refractivity contribution in [1.29, 1.82) is 0 Å². The molecule has 0 saturated heterocycles. The van der Waals surface area contributed by atoms with Crippen LogP contribution >= 0.6 is 0 Å². The summed E-state index contributed by atoms with van der Waals surface area (Å²) in [5.74, 6) is -0.656. The molecule has 3 rings (SSSR count). The lowest BCUT2D eigenvalue weighted by atomic mass is 10.1. The average molecular weight is 336 g/mol. The molecule has 0 radical (unpaired) electrons. The van der Waals surface area contributed by atoms with Crippen molar-refractivity contribution in [2.24, 2.45) is 0 Å². The van der Waals surface area contributed by atoms with E-state index in [1.54, 1.807) is 12.1 Å². The van der Waals surface area contributed by atoms with Gasteiger partial charge in [-0.05, 0) is 30.7 Å². The molecule has 5 nitrogen and oxygen atoms in total. The summed E-state index contributed by atoms with van der Waals surface area (Å²) < 4.78 is 13.6. The highest BCUT2D eigenvalue weighted by Crippen LogP contribution is 2.14. The Morgan fingerprint density at radius 1 is 1.12 bits per heavy atom. The second-order valence-corrected chi connectivity index (χ2v) is 5.54. The molecule has 2 aromatic carbocycles. The number of anilines is 2. The van der Waals surface area contributed by atoms with E-state index in [0.717, 1.165) is 5.56 Å². The van der Waals surface area contributed by atoms with E-state index < -0.39 is 11.7 Å². The van der Waals surface area contributed by atoms with Gasteiger partial charge in [0.2, 0.25) is 5.95 Å². The Morgan fingerprint density at radius 2 is 1.96 bits per heavy atom. The lowest BCUT2D eigenvalue weighted by Crippen LogP contribution is -2.16. The first kappa shape index (κ1) is 16.6. The molecular weight excluding hydrogens is 319 g/mol. The molecule has 25 heavy (non-hydrogen) atoms. The van der Waals surface area contributed by atoms with Crippen LogP contribution in [-0.4, -0.2) is 15.9 Å². The van der Waals surface area contributed by atoms with Gasteiger partial charge in [-0.15, -0.1) is 0 Å². The van der Waals surface area contributed by atoms with Crippen molar-refractivity contribution >= 4 is 17.5 Å². The number of aromatic nitrogens is 2. The average Bonchev–Trinajstić information content (AvgIpc) is 2.62. The number of hydrogen-bond acceptors (Lipinski definition) is 4. The molecule has 0 atom stereocenters. The van der Waals surface area contributed by atoms with Crippen LogP contribution in [0.5, 0.6) is 0 Å². The van der Waals surface area contributed by atoms with Gasteiger partial charge in [0.25, 0.3) is 5.91 Å². The molecule has 0 unspecified atom stereocenters. The van der Waals surface area contributed by atoms with Gasteiger partial charge in [-0.1, -0.05) is 42.0 Å². The van der Waals surface area contributed by atoms with Crippen LogP contribution in [0.3, 0.4) is 0 Å². The maximum Gasteiger partial charge on any atom is 0.274 e. The largest absolute Gasteiger partial charge is 0.350 e. The summed E-state index contributed by atoms with van der Waals surface area (Å²) >= 11 is 0. The summed E-state index contributed by atoms with van der Waals surface area (Å²) in [5.41, 5.74) is 2.52. The van der Waals surface area contributed by atoms with Crippen molar-refractivity contribution in [3.63, 3.8) is 0 Å². The number of nitrogens with zero attached hydrogens (tertiary/aromatic N) is 2. The molecule has 1 heterocycles. The lowest BCUT2D eigenvalue weighted by molar-refractivity contribution is 0.102. The first-order valence-corrected chi connectivity index (χ1v) is 7.80. The number of halogens is 1. The normalized spacial score (nSPS) is 10.3. The SMILES string of the molecule is Cc1cccc(CNc2nccc(C(=O)Nc3ccccc3F)n2)c1. The first-order valence-electron chi connectivity index (χ1n) is 7.80. The third-order valence-corrected chi connectivity index (χ3v) is 3.54. The molecule has 0 aliphatic heterocycles. The Balaban J connectivity index is 1.68. The maximum absolute atomic E-state index is 13.6. The van der Waals surface area contributed by atoms with Gasteiger partial charge in [0.15, 0.2) is 0 Å². The number of carbonyl (C=O) groups excluding carboxylic acids is 1. The highest BCUT2D eigenvalue weighted by atomic mass is 19.1. The minimum Gasteiger partial charge on any atom is -0.350 e. The number of benzene rings is 2. The van der Waals surface area contributed by atoms with Crippen molar-refractivity contribution in [3.8, 4) is 0 Å². The van der Waals surface area contributed by atoms with E-state index in [1.807, 2.05) is 25.1 Å². The smallest absolute Gasteiger partial charge is 0.274 e. The molecule has 1 aromatic heterocycles. The summed E-state index contributed by atoms with van der Waals surface area (Å²) in [5, 5.41) is 5.59. The zero-order valence-corrected chi connectivity index (χ0v) is 13.7. The molecular formula is C19H17FN4O. The number of para-hydroxylation sites is 1. The standard InChI is InChI=1S/C19H17FN4O/c1-13-5-4-6-14(11-13)12-22-19-21-10-9-17(24-19)18(25)23-16-8-3-2-7-15(16)20/h2-11H,12H2,1H3,(H,23,25)(H,21,22,24). The summed E-state index contributed by atoms with van der Waals surface area (Å²) in [4.78, 5) is 20.5. The van der Waals surface area contributed by atoms with Crippen LogP contribution in [0.4, 0.5) is 16.0 Å². The van der Waals surface area contributed by atoms with E-state index in [1.165, 1.54) is 30.0 Å². The summed E-state index contributed by atoms with van der Waals surface area (Å²) in [7, 11) is 0. The van der Waals surface area contributed by atoms with E-state index in [-0.39, 0.29) is 11.4 Å². The minimum atomic E-state index is -0.497. The van der Waals surface area contributed by atoms with Crippen LogP contribution in [0.25, 0.3) is 0 Å². The van der Waals surface area contributed by atoms with E-state index in [2.05, 4.69) is 26.7 Å². The van der Waals surface area contributed by atoms with Crippen LogP contribution in [-0.2, 0) is 6.54 Å². The summed E-state index contributed by atoms with van der Waals surface area (Å²) in [6.45, 7) is 2.56. The Labute approximate surface area is 145 Å². The Bertz CT molecular complexity index is 898. The van der Waals surface area contributed by atoms with Gasteiger partial charge in [0.1, 0.15) is 11.5 Å². The topological polar surface area (TPSA) is 66.9 Å². The zero-order chi connectivity index (χ0) is 17.6. The molecule has 0 saturated carbocycles. The number of carbonyl (C=O) groups is 1. The highest BCUT2D eigenvalue weighted by Gasteiger charge is 2.11. The Morgan fingerprint density at radius 3 is 2.76 bits per heavy atom. The van der Waals surface area contributed by atoms with E-state index in [0.29, 0.717) is 12.5 Å². The van der Waals surface area contributed by atoms with Crippen LogP contribution in [0.1, 0.15) is 21.6 Å². The van der Waals surface area contributed by atoms with E-state index >= 15 is 0 Å². The number of aryl methyl sites for hydroxylation is 1. The highest BCUT2D eigenvalue weighted by molar-refractivity contribution is 6.03. The zero-order valence-electron chi connectivity index (χ0n) is 13.7. The predicted octanol–water partition coefficient (Wildman–Crippen LogP) is 3.79. The molecule has 6 heteroatoms. The fourth-order valence-electron chi connectivity index (χ4n) is 2.32. The summed E-state index contributed by atoms with van der Waals surface area (Å²) in [6, 6.07) is 15.5. The van der Waals surface area contributed by atoms with Crippen molar-refractivity contribution in [2.45, 2.75) is 13.5 Å². The molecule has 0 fully saturated rings. The van der Waals surface area contributed by atoms with Crippen LogP contribution < -0.4 is 10.6 Å². The predicted molar refractivity (Wildman–Crippen MR) is 94.9 cm³/mol. The van der Waals surface area contributed by atoms with Crippen LogP contribution in [0.15, 0.2) is 60.8 Å². The van der Waals surface area contributed by atoms with Crippen LogP contribution in [0.2, 0.25) is 0 Å². The van der Waals surface area contributed by atoms with Gasteiger partial charge in [-0.3, -0.25) is 4.79 Å². The third-order valence-electron chi connectivity index (χ3n) is 3.54. The molecule has 0 aliphatic rings. The molecule has 1 amide bonds. The van der Waals surface area contributed by atoms with Gasteiger partial charge in [0.05, 0.1) is 5.69 Å². The van der Waals surface area contributed by atoms with Crippen molar-refractivity contribution in [2.75, 3.05) is 10.6 Å². The maximum atomic E-state index is 13.6. The first-order chi connectivity index (χ1) is 12.1. The lowest BCUT2D eigenvalue weighted by Gasteiger charge is -2.08. The van der Waals surface area contributed by atoms with E-state index in [4.69, 9.17) is 0 Å². The minimum absolute atomic E-state index is 0.111. The quantitative estimate of drug-likeness (QED) is 0.744. The fourth-order valence-corrected chi connectivity index (χ4v) is 2.32. The van der Waals surface area contributed by atoms with Gasteiger partial charge in [-0.2, -0.15) is 0 Å². The third kappa shape index (κ3) is 4.38. The summed E-state index contributed by atoms with van der Waals surface area (Å²) in [6.07, 6.45) is 1.49. The van der Waals surface area contributed by atoms with Gasteiger partial charge in [0, 0.05) is 12.7 Å². The molecule has 126 valence electrons. The van der Waals surface area contributed by atoms with Crippen molar-refractivity contribution in [3.05, 3.63) is 83.4 Å². The number of amides is 1. The molecule has 2 N–H and O–H groups in total. The molecule has 3 aromatic rings. The molecule has 0 aliphatic carbocycles. The molecule has 0 spiro atoms. The second-order valence-electron chi connectivity index (χ2n) is 5.54.